The van der Waals surface area contributed by atoms with Crippen molar-refractivity contribution in [1.29, 1.82) is 0 Å². The highest BCUT2D eigenvalue weighted by atomic mass is 127. The molecule has 0 aromatic carbocycles. The van der Waals surface area contributed by atoms with E-state index in [1.165, 1.54) is 12.8 Å². The lowest BCUT2D eigenvalue weighted by atomic mass is 10.2. The number of nitrogens with two attached hydrogens (primary N) is 1. The molecule has 0 bridgehead atoms. The second-order valence-corrected chi connectivity index (χ2v) is 7.52. The first kappa shape index (κ1) is 22.2. The number of halogens is 1. The van der Waals surface area contributed by atoms with E-state index in [1.807, 2.05) is 19.1 Å². The number of nitrogens with zero attached hydrogens (tertiary/aromatic N) is 2. The van der Waals surface area contributed by atoms with Gasteiger partial charge in [-0.2, -0.15) is 0 Å². The Bertz CT molecular complexity index is 615. The molecule has 1 aliphatic rings. The molecule has 10 heteroatoms. The number of rotatable bonds is 8. The van der Waals surface area contributed by atoms with Crippen LogP contribution in [-0.2, 0) is 10.0 Å². The van der Waals surface area contributed by atoms with Crippen LogP contribution in [0.3, 0.4) is 0 Å². The highest BCUT2D eigenvalue weighted by Gasteiger charge is 2.25. The number of guanidine groups is 1. The molecule has 0 spiro atoms. The van der Waals surface area contributed by atoms with E-state index < -0.39 is 10.0 Å². The summed E-state index contributed by atoms with van der Waals surface area (Å²) >= 11 is 0. The predicted molar refractivity (Wildman–Crippen MR) is 110 cm³/mol. The normalized spacial score (nSPS) is 17.1. The molecule has 2 heterocycles. The molecule has 0 amide bonds. The van der Waals surface area contributed by atoms with Crippen LogP contribution in [0.5, 0.6) is 0 Å². The van der Waals surface area contributed by atoms with Crippen molar-refractivity contribution < 1.29 is 12.8 Å². The fraction of sp³-hybridized carbons (Fsp3) is 0.667. The van der Waals surface area contributed by atoms with E-state index in [9.17, 15) is 8.42 Å². The van der Waals surface area contributed by atoms with Crippen LogP contribution in [0.4, 0.5) is 0 Å². The number of hydrogen-bond donors (Lipinski definition) is 3. The van der Waals surface area contributed by atoms with Gasteiger partial charge < -0.3 is 15.1 Å². The van der Waals surface area contributed by atoms with Gasteiger partial charge >= 0.3 is 0 Å². The van der Waals surface area contributed by atoms with Gasteiger partial charge in [0.15, 0.2) is 5.96 Å². The van der Waals surface area contributed by atoms with Crippen LogP contribution in [0, 0.1) is 0 Å². The van der Waals surface area contributed by atoms with Crippen molar-refractivity contribution in [3.63, 3.8) is 0 Å². The van der Waals surface area contributed by atoms with Crippen molar-refractivity contribution in [2.75, 3.05) is 38.5 Å². The van der Waals surface area contributed by atoms with Crippen molar-refractivity contribution in [1.82, 2.24) is 15.5 Å². The Morgan fingerprint density at radius 3 is 2.68 bits per heavy atom. The zero-order valence-corrected chi connectivity index (χ0v) is 17.6. The molecule has 8 nitrogen and oxygen atoms in total. The minimum Gasteiger partial charge on any atom is -0.468 e. The number of aliphatic imine (C=N–C) groups is 1. The molecule has 1 aromatic heterocycles. The molecule has 0 radical (unpaired) electrons. The third-order valence-electron chi connectivity index (χ3n) is 3.90. The van der Waals surface area contributed by atoms with E-state index in [4.69, 9.17) is 9.56 Å². The Labute approximate surface area is 166 Å². The van der Waals surface area contributed by atoms with Crippen molar-refractivity contribution in [2.45, 2.75) is 25.8 Å². The molecule has 1 saturated heterocycles. The molecule has 25 heavy (non-hydrogen) atoms. The monoisotopic (exact) mass is 485 g/mol. The lowest BCUT2D eigenvalue weighted by Crippen LogP contribution is -2.41. The van der Waals surface area contributed by atoms with Crippen LogP contribution in [0.2, 0.25) is 0 Å². The van der Waals surface area contributed by atoms with Gasteiger partial charge in [0.2, 0.25) is 10.0 Å². The van der Waals surface area contributed by atoms with Crippen molar-refractivity contribution in [2.24, 2.45) is 10.1 Å². The van der Waals surface area contributed by atoms with E-state index in [-0.39, 0.29) is 42.3 Å². The minimum absolute atomic E-state index is 0. The molecule has 4 N–H and O–H groups in total. The maximum atomic E-state index is 11.0. The molecule has 1 fully saturated rings. The molecular weight excluding hydrogens is 457 g/mol. The Hall–Kier alpha value is -0.850. The molecule has 0 saturated carbocycles. The Morgan fingerprint density at radius 2 is 2.12 bits per heavy atom. The maximum Gasteiger partial charge on any atom is 0.210 e. The topological polar surface area (TPSA) is 113 Å². The Balaban J connectivity index is 0.00000312. The summed E-state index contributed by atoms with van der Waals surface area (Å²) in [6.45, 7) is 5.49. The smallest absolute Gasteiger partial charge is 0.210 e. The SMILES string of the molecule is CCNC(=NCC(c1ccco1)N1CCCC1)NCCS(N)(=O)=O.I. The fourth-order valence-corrected chi connectivity index (χ4v) is 3.14. The molecular formula is C15H28IN5O3S. The van der Waals surface area contributed by atoms with Gasteiger partial charge in [-0.05, 0) is 45.0 Å². The van der Waals surface area contributed by atoms with E-state index in [0.717, 1.165) is 18.8 Å². The van der Waals surface area contributed by atoms with Crippen LogP contribution in [-0.4, -0.2) is 57.8 Å². The third kappa shape index (κ3) is 7.92. The van der Waals surface area contributed by atoms with Crippen LogP contribution >= 0.6 is 24.0 Å². The number of hydrogen-bond acceptors (Lipinski definition) is 5. The summed E-state index contributed by atoms with van der Waals surface area (Å²) in [5.41, 5.74) is 0. The van der Waals surface area contributed by atoms with Crippen LogP contribution in [0.15, 0.2) is 27.8 Å². The standard InChI is InChI=1S/C15H27N5O3S.HI/c1-2-17-15(18-7-11-24(16,21)22)19-12-13(14-6-5-10-23-14)20-8-3-4-9-20;/h5-6,10,13H,2-4,7-9,11-12H2,1H3,(H2,16,21,22)(H2,17,18,19);1H. The first-order valence-electron chi connectivity index (χ1n) is 8.29. The third-order valence-corrected chi connectivity index (χ3v) is 4.67. The van der Waals surface area contributed by atoms with E-state index in [2.05, 4.69) is 20.5 Å². The molecule has 1 unspecified atom stereocenters. The lowest BCUT2D eigenvalue weighted by molar-refractivity contribution is 0.221. The molecule has 1 atom stereocenters. The van der Waals surface area contributed by atoms with Crippen LogP contribution < -0.4 is 15.8 Å². The number of nitrogens with one attached hydrogen (secondary N) is 2. The first-order valence-corrected chi connectivity index (χ1v) is 10.0. The quantitative estimate of drug-likeness (QED) is 0.286. The highest BCUT2D eigenvalue weighted by molar-refractivity contribution is 14.0. The van der Waals surface area contributed by atoms with Crippen molar-refractivity contribution in [3.05, 3.63) is 24.2 Å². The van der Waals surface area contributed by atoms with Gasteiger partial charge in [-0.25, -0.2) is 13.6 Å². The summed E-state index contributed by atoms with van der Waals surface area (Å²) in [5.74, 6) is 1.35. The summed E-state index contributed by atoms with van der Waals surface area (Å²) in [7, 11) is -3.48. The van der Waals surface area contributed by atoms with Gasteiger partial charge in [0.05, 0.1) is 24.6 Å². The number of primary sulfonamides is 1. The van der Waals surface area contributed by atoms with Gasteiger partial charge in [0.1, 0.15) is 5.76 Å². The van der Waals surface area contributed by atoms with Crippen molar-refractivity contribution >= 4 is 40.0 Å². The summed E-state index contributed by atoms with van der Waals surface area (Å²) in [5, 5.41) is 11.1. The highest BCUT2D eigenvalue weighted by Crippen LogP contribution is 2.25. The second-order valence-electron chi connectivity index (χ2n) is 5.79. The molecule has 2 rings (SSSR count). The maximum absolute atomic E-state index is 11.0. The minimum atomic E-state index is -3.48. The first-order chi connectivity index (χ1) is 11.5. The summed E-state index contributed by atoms with van der Waals surface area (Å²) in [6, 6.07) is 3.95. The van der Waals surface area contributed by atoms with Crippen LogP contribution in [0.1, 0.15) is 31.6 Å². The Morgan fingerprint density at radius 1 is 1.40 bits per heavy atom. The summed E-state index contributed by atoms with van der Waals surface area (Å²) < 4.78 is 27.6. The number of furan rings is 1. The zero-order chi connectivity index (χ0) is 17.4. The summed E-state index contributed by atoms with van der Waals surface area (Å²) in [4.78, 5) is 6.96. The van der Waals surface area contributed by atoms with E-state index in [1.54, 1.807) is 6.26 Å². The zero-order valence-electron chi connectivity index (χ0n) is 14.5. The average molecular weight is 485 g/mol. The van der Waals surface area contributed by atoms with Gasteiger partial charge in [0.25, 0.3) is 0 Å². The van der Waals surface area contributed by atoms with E-state index >= 15 is 0 Å². The average Bonchev–Trinajstić information content (AvgIpc) is 3.20. The lowest BCUT2D eigenvalue weighted by Gasteiger charge is -2.24. The molecule has 144 valence electrons. The molecule has 1 aliphatic heterocycles. The second kappa shape index (κ2) is 11.0. The largest absolute Gasteiger partial charge is 0.468 e. The predicted octanol–water partition coefficient (Wildman–Crippen LogP) is 0.878. The van der Waals surface area contributed by atoms with E-state index in [0.29, 0.717) is 19.0 Å². The van der Waals surface area contributed by atoms with Gasteiger partial charge in [-0.3, -0.25) is 9.89 Å². The van der Waals surface area contributed by atoms with Crippen molar-refractivity contribution in [3.8, 4) is 0 Å². The summed E-state index contributed by atoms with van der Waals surface area (Å²) in [6.07, 6.45) is 4.05. The van der Waals surface area contributed by atoms with Gasteiger partial charge in [0, 0.05) is 13.1 Å². The Kier molecular flexibility index (Phi) is 9.75. The molecule has 1 aromatic rings. The fourth-order valence-electron chi connectivity index (χ4n) is 2.75. The van der Waals surface area contributed by atoms with Gasteiger partial charge in [-0.1, -0.05) is 0 Å². The molecule has 0 aliphatic carbocycles. The number of likely N-dealkylation sites (tertiary alicyclic amines) is 1. The number of sulfonamides is 1. The van der Waals surface area contributed by atoms with Gasteiger partial charge in [-0.15, -0.1) is 24.0 Å². The van der Waals surface area contributed by atoms with Crippen LogP contribution in [0.25, 0.3) is 0 Å².